The van der Waals surface area contributed by atoms with E-state index in [0.717, 1.165) is 0 Å². The fourth-order valence-corrected chi connectivity index (χ4v) is 1.67. The molecule has 0 aliphatic carbocycles. The second-order valence-corrected chi connectivity index (χ2v) is 5.08. The zero-order valence-electron chi connectivity index (χ0n) is 11.1. The molecule has 1 unspecified atom stereocenters. The van der Waals surface area contributed by atoms with Gasteiger partial charge in [-0.3, -0.25) is 9.59 Å². The Morgan fingerprint density at radius 1 is 1.26 bits per heavy atom. The van der Waals surface area contributed by atoms with Crippen LogP contribution in [0.2, 0.25) is 0 Å². The number of carbonyl (C=O) groups excluding carboxylic acids is 1. The number of rotatable bonds is 6. The third-order valence-electron chi connectivity index (χ3n) is 2.79. The van der Waals surface area contributed by atoms with Crippen LogP contribution in [0.5, 0.6) is 0 Å². The minimum Gasteiger partial charge on any atom is -0.481 e. The molecular weight excluding hydrogens is 246 g/mol. The van der Waals surface area contributed by atoms with Crippen LogP contribution in [0.3, 0.4) is 0 Å². The molecule has 0 spiro atoms. The Balaban J connectivity index is 2.61. The summed E-state index contributed by atoms with van der Waals surface area (Å²) in [6.07, 6.45) is -0.977. The maximum atomic E-state index is 11.9. The third kappa shape index (κ3) is 5.09. The molecule has 0 bridgehead atoms. The number of aliphatic hydroxyl groups is 1. The van der Waals surface area contributed by atoms with Crippen LogP contribution in [0.15, 0.2) is 30.3 Å². The zero-order valence-corrected chi connectivity index (χ0v) is 11.1. The standard InChI is InChI=1S/C14H19NO4/c1-14(2,9-8-11(16)17)15-13(19)12(18)10-6-4-3-5-7-10/h3-7,12,18H,8-9H2,1-2H3,(H,15,19)(H,16,17). The minimum absolute atomic E-state index is 0.0330. The lowest BCUT2D eigenvalue weighted by atomic mass is 9.97. The molecule has 104 valence electrons. The Hall–Kier alpha value is -1.88. The van der Waals surface area contributed by atoms with Crippen molar-refractivity contribution in [1.29, 1.82) is 0 Å². The summed E-state index contributed by atoms with van der Waals surface area (Å²) in [5.41, 5.74) is -0.167. The molecule has 1 rings (SSSR count). The van der Waals surface area contributed by atoms with Crippen molar-refractivity contribution in [2.45, 2.75) is 38.3 Å². The molecule has 0 saturated heterocycles. The molecule has 1 aromatic carbocycles. The monoisotopic (exact) mass is 265 g/mol. The van der Waals surface area contributed by atoms with Crippen molar-refractivity contribution in [2.24, 2.45) is 0 Å². The van der Waals surface area contributed by atoms with Crippen LogP contribution in [0.25, 0.3) is 0 Å². The largest absolute Gasteiger partial charge is 0.481 e. The van der Waals surface area contributed by atoms with Gasteiger partial charge < -0.3 is 15.5 Å². The molecule has 0 aromatic heterocycles. The number of carboxylic acids is 1. The van der Waals surface area contributed by atoms with Gasteiger partial charge in [0.25, 0.3) is 5.91 Å². The molecule has 19 heavy (non-hydrogen) atoms. The lowest BCUT2D eigenvalue weighted by molar-refractivity contribution is -0.138. The Kier molecular flexibility index (Phi) is 5.06. The summed E-state index contributed by atoms with van der Waals surface area (Å²) in [4.78, 5) is 22.4. The molecule has 0 saturated carbocycles. The molecule has 0 aliphatic rings. The maximum Gasteiger partial charge on any atom is 0.303 e. The molecule has 5 heteroatoms. The fraction of sp³-hybridized carbons (Fsp3) is 0.429. The van der Waals surface area contributed by atoms with Gasteiger partial charge in [-0.05, 0) is 25.8 Å². The molecule has 5 nitrogen and oxygen atoms in total. The average Bonchev–Trinajstić information content (AvgIpc) is 2.36. The maximum absolute atomic E-state index is 11.9. The first-order valence-corrected chi connectivity index (χ1v) is 6.09. The van der Waals surface area contributed by atoms with Crippen LogP contribution >= 0.6 is 0 Å². The van der Waals surface area contributed by atoms with Crippen LogP contribution in [0.4, 0.5) is 0 Å². The summed E-state index contributed by atoms with van der Waals surface area (Å²) in [5.74, 6) is -1.44. The molecule has 1 aromatic rings. The quantitative estimate of drug-likeness (QED) is 0.727. The number of carbonyl (C=O) groups is 2. The van der Waals surface area contributed by atoms with Gasteiger partial charge in [0.15, 0.2) is 6.10 Å². The van der Waals surface area contributed by atoms with E-state index in [1.807, 2.05) is 0 Å². The van der Waals surface area contributed by atoms with Crippen molar-refractivity contribution in [3.05, 3.63) is 35.9 Å². The second-order valence-electron chi connectivity index (χ2n) is 5.08. The van der Waals surface area contributed by atoms with Gasteiger partial charge in [-0.2, -0.15) is 0 Å². The molecule has 0 radical (unpaired) electrons. The zero-order chi connectivity index (χ0) is 14.5. The fourth-order valence-electron chi connectivity index (χ4n) is 1.67. The summed E-state index contributed by atoms with van der Waals surface area (Å²) in [7, 11) is 0. The van der Waals surface area contributed by atoms with Gasteiger partial charge in [0.1, 0.15) is 0 Å². The summed E-state index contributed by atoms with van der Waals surface area (Å²) >= 11 is 0. The highest BCUT2D eigenvalue weighted by molar-refractivity contribution is 5.82. The highest BCUT2D eigenvalue weighted by Crippen LogP contribution is 2.16. The van der Waals surface area contributed by atoms with E-state index in [4.69, 9.17) is 5.11 Å². The number of hydrogen-bond acceptors (Lipinski definition) is 3. The molecule has 1 amide bonds. The van der Waals surface area contributed by atoms with E-state index in [1.165, 1.54) is 0 Å². The van der Waals surface area contributed by atoms with E-state index in [2.05, 4.69) is 5.32 Å². The number of hydrogen-bond donors (Lipinski definition) is 3. The van der Waals surface area contributed by atoms with E-state index in [9.17, 15) is 14.7 Å². The van der Waals surface area contributed by atoms with Crippen molar-refractivity contribution >= 4 is 11.9 Å². The molecule has 3 N–H and O–H groups in total. The first-order valence-electron chi connectivity index (χ1n) is 6.09. The van der Waals surface area contributed by atoms with Gasteiger partial charge in [-0.25, -0.2) is 0 Å². The van der Waals surface area contributed by atoms with E-state index in [1.54, 1.807) is 44.2 Å². The minimum atomic E-state index is -1.25. The van der Waals surface area contributed by atoms with Gasteiger partial charge in [0, 0.05) is 12.0 Å². The SMILES string of the molecule is CC(C)(CCC(=O)O)NC(=O)C(O)c1ccccc1. The van der Waals surface area contributed by atoms with Gasteiger partial charge in [0.05, 0.1) is 0 Å². The lowest BCUT2D eigenvalue weighted by Gasteiger charge is -2.27. The van der Waals surface area contributed by atoms with Crippen LogP contribution in [0.1, 0.15) is 38.4 Å². The van der Waals surface area contributed by atoms with Gasteiger partial charge in [-0.1, -0.05) is 30.3 Å². The molecule has 1 atom stereocenters. The van der Waals surface area contributed by atoms with Crippen molar-refractivity contribution in [2.75, 3.05) is 0 Å². The lowest BCUT2D eigenvalue weighted by Crippen LogP contribution is -2.45. The molecule has 0 heterocycles. The van der Waals surface area contributed by atoms with E-state index >= 15 is 0 Å². The average molecular weight is 265 g/mol. The molecule has 0 fully saturated rings. The third-order valence-corrected chi connectivity index (χ3v) is 2.79. The summed E-state index contributed by atoms with van der Waals surface area (Å²) in [6.45, 7) is 3.46. The first kappa shape index (κ1) is 15.2. The highest BCUT2D eigenvalue weighted by atomic mass is 16.4. The predicted octanol–water partition coefficient (Wildman–Crippen LogP) is 1.48. The van der Waals surface area contributed by atoms with Gasteiger partial charge in [-0.15, -0.1) is 0 Å². The van der Waals surface area contributed by atoms with Crippen molar-refractivity contribution in [1.82, 2.24) is 5.32 Å². The van der Waals surface area contributed by atoms with Crippen LogP contribution in [-0.4, -0.2) is 27.6 Å². The summed E-state index contributed by atoms with van der Waals surface area (Å²) in [5, 5.41) is 21.2. The smallest absolute Gasteiger partial charge is 0.303 e. The number of benzene rings is 1. The van der Waals surface area contributed by atoms with Crippen LogP contribution < -0.4 is 5.32 Å². The van der Waals surface area contributed by atoms with Gasteiger partial charge >= 0.3 is 5.97 Å². The van der Waals surface area contributed by atoms with E-state index in [-0.39, 0.29) is 6.42 Å². The Morgan fingerprint density at radius 3 is 2.37 bits per heavy atom. The number of aliphatic carboxylic acids is 1. The topological polar surface area (TPSA) is 86.6 Å². The van der Waals surface area contributed by atoms with Crippen molar-refractivity contribution in [3.8, 4) is 0 Å². The Bertz CT molecular complexity index is 442. The van der Waals surface area contributed by atoms with E-state index < -0.39 is 23.5 Å². The van der Waals surface area contributed by atoms with Gasteiger partial charge in [0.2, 0.25) is 0 Å². The van der Waals surface area contributed by atoms with Crippen LogP contribution in [0, 0.1) is 0 Å². The number of carboxylic acid groups (broad SMARTS) is 1. The Morgan fingerprint density at radius 2 is 1.84 bits per heavy atom. The second kappa shape index (κ2) is 6.33. The number of nitrogens with one attached hydrogen (secondary N) is 1. The highest BCUT2D eigenvalue weighted by Gasteiger charge is 2.25. The predicted molar refractivity (Wildman–Crippen MR) is 70.5 cm³/mol. The Labute approximate surface area is 112 Å². The van der Waals surface area contributed by atoms with Crippen molar-refractivity contribution < 1.29 is 19.8 Å². The van der Waals surface area contributed by atoms with Crippen molar-refractivity contribution in [3.63, 3.8) is 0 Å². The molecular formula is C14H19NO4. The van der Waals surface area contributed by atoms with E-state index in [0.29, 0.717) is 12.0 Å². The normalized spacial score (nSPS) is 12.8. The summed E-state index contributed by atoms with van der Waals surface area (Å²) < 4.78 is 0. The first-order chi connectivity index (χ1) is 8.82. The molecule has 0 aliphatic heterocycles. The van der Waals surface area contributed by atoms with Crippen LogP contribution in [-0.2, 0) is 9.59 Å². The summed E-state index contributed by atoms with van der Waals surface area (Å²) in [6, 6.07) is 8.59. The number of aliphatic hydroxyl groups excluding tert-OH is 1. The number of amides is 1.